The Labute approximate surface area is 87.3 Å². The topological polar surface area (TPSA) is 74.8 Å². The summed E-state index contributed by atoms with van der Waals surface area (Å²) >= 11 is 0. The SMILES string of the molecule is O=C1CCC(C(=O)Nc2ccn[nH]2)CC1. The van der Waals surface area contributed by atoms with Crippen molar-refractivity contribution >= 4 is 17.5 Å². The molecule has 1 saturated carbocycles. The first kappa shape index (κ1) is 9.89. The molecule has 1 aliphatic rings. The van der Waals surface area contributed by atoms with E-state index in [9.17, 15) is 9.59 Å². The largest absolute Gasteiger partial charge is 0.311 e. The van der Waals surface area contributed by atoms with Crippen molar-refractivity contribution in [2.45, 2.75) is 25.7 Å². The average molecular weight is 207 g/mol. The van der Waals surface area contributed by atoms with Gasteiger partial charge >= 0.3 is 0 Å². The Hall–Kier alpha value is -1.65. The molecule has 1 aliphatic carbocycles. The summed E-state index contributed by atoms with van der Waals surface area (Å²) in [6, 6.07) is 1.70. The van der Waals surface area contributed by atoms with Gasteiger partial charge in [0.05, 0.1) is 6.20 Å². The molecule has 0 aromatic carbocycles. The molecule has 1 aromatic heterocycles. The molecule has 0 spiro atoms. The van der Waals surface area contributed by atoms with Crippen molar-refractivity contribution in [3.05, 3.63) is 12.3 Å². The number of nitrogens with one attached hydrogen (secondary N) is 2. The normalized spacial score (nSPS) is 17.7. The number of rotatable bonds is 2. The quantitative estimate of drug-likeness (QED) is 0.762. The lowest BCUT2D eigenvalue weighted by Crippen LogP contribution is -2.27. The first-order valence-corrected chi connectivity index (χ1v) is 5.07. The maximum Gasteiger partial charge on any atom is 0.228 e. The standard InChI is InChI=1S/C10H13N3O2/c14-8-3-1-7(2-4-8)10(15)12-9-5-6-11-13-9/h5-7H,1-4H2,(H2,11,12,13,15). The van der Waals surface area contributed by atoms with Crippen molar-refractivity contribution in [3.63, 3.8) is 0 Å². The number of H-pyrrole nitrogens is 1. The second-order valence-corrected chi connectivity index (χ2v) is 3.77. The highest BCUT2D eigenvalue weighted by Gasteiger charge is 2.24. The number of carbonyl (C=O) groups is 2. The van der Waals surface area contributed by atoms with Crippen molar-refractivity contribution in [1.82, 2.24) is 10.2 Å². The Kier molecular flexibility index (Phi) is 2.80. The fraction of sp³-hybridized carbons (Fsp3) is 0.500. The van der Waals surface area contributed by atoms with Crippen molar-refractivity contribution in [2.75, 3.05) is 5.32 Å². The zero-order chi connectivity index (χ0) is 10.7. The predicted molar refractivity (Wildman–Crippen MR) is 54.2 cm³/mol. The van der Waals surface area contributed by atoms with E-state index in [1.54, 1.807) is 12.3 Å². The minimum Gasteiger partial charge on any atom is -0.311 e. The predicted octanol–water partition coefficient (Wildman–Crippen LogP) is 1.11. The summed E-state index contributed by atoms with van der Waals surface area (Å²) in [5.74, 6) is 0.815. The van der Waals surface area contributed by atoms with Crippen LogP contribution >= 0.6 is 0 Å². The third-order valence-electron chi connectivity index (χ3n) is 2.67. The van der Waals surface area contributed by atoms with Crippen LogP contribution in [0, 0.1) is 5.92 Å². The number of hydrogen-bond acceptors (Lipinski definition) is 3. The van der Waals surface area contributed by atoms with Crippen LogP contribution < -0.4 is 5.32 Å². The van der Waals surface area contributed by atoms with Gasteiger partial charge in [0, 0.05) is 24.8 Å². The summed E-state index contributed by atoms with van der Waals surface area (Å²) in [5.41, 5.74) is 0. The first-order valence-electron chi connectivity index (χ1n) is 5.07. The van der Waals surface area contributed by atoms with Crippen LogP contribution in [0.25, 0.3) is 0 Å². The highest BCUT2D eigenvalue weighted by molar-refractivity contribution is 5.93. The Morgan fingerprint density at radius 1 is 1.47 bits per heavy atom. The molecule has 15 heavy (non-hydrogen) atoms. The maximum atomic E-state index is 11.7. The molecule has 5 heteroatoms. The second kappa shape index (κ2) is 4.25. The van der Waals surface area contributed by atoms with Gasteiger partial charge in [-0.05, 0) is 12.8 Å². The van der Waals surface area contributed by atoms with Crippen LogP contribution in [-0.2, 0) is 9.59 Å². The van der Waals surface area contributed by atoms with Gasteiger partial charge in [0.2, 0.25) is 5.91 Å². The van der Waals surface area contributed by atoms with E-state index in [-0.39, 0.29) is 17.6 Å². The summed E-state index contributed by atoms with van der Waals surface area (Å²) in [4.78, 5) is 22.7. The fourth-order valence-corrected chi connectivity index (χ4v) is 1.76. The highest BCUT2D eigenvalue weighted by Crippen LogP contribution is 2.22. The molecule has 1 amide bonds. The molecule has 1 aromatic rings. The lowest BCUT2D eigenvalue weighted by atomic mass is 9.88. The van der Waals surface area contributed by atoms with E-state index in [0.29, 0.717) is 31.5 Å². The van der Waals surface area contributed by atoms with Crippen LogP contribution in [0.5, 0.6) is 0 Å². The molecular weight excluding hydrogens is 194 g/mol. The zero-order valence-electron chi connectivity index (χ0n) is 8.32. The van der Waals surface area contributed by atoms with Gasteiger partial charge in [-0.3, -0.25) is 14.7 Å². The molecule has 0 aliphatic heterocycles. The van der Waals surface area contributed by atoms with Gasteiger partial charge in [-0.15, -0.1) is 0 Å². The molecule has 0 bridgehead atoms. The number of amides is 1. The van der Waals surface area contributed by atoms with Crippen molar-refractivity contribution in [3.8, 4) is 0 Å². The summed E-state index contributed by atoms with van der Waals surface area (Å²) in [6.07, 6.45) is 3.97. The lowest BCUT2D eigenvalue weighted by molar-refractivity contribution is -0.125. The molecule has 0 radical (unpaired) electrons. The van der Waals surface area contributed by atoms with Crippen LogP contribution in [0.15, 0.2) is 12.3 Å². The number of hydrogen-bond donors (Lipinski definition) is 2. The van der Waals surface area contributed by atoms with Gasteiger partial charge in [0.15, 0.2) is 0 Å². The summed E-state index contributed by atoms with van der Waals surface area (Å²) in [7, 11) is 0. The van der Waals surface area contributed by atoms with Crippen LogP contribution in [-0.4, -0.2) is 21.9 Å². The van der Waals surface area contributed by atoms with Gasteiger partial charge in [0.25, 0.3) is 0 Å². The lowest BCUT2D eigenvalue weighted by Gasteiger charge is -2.19. The van der Waals surface area contributed by atoms with E-state index in [1.807, 2.05) is 0 Å². The number of aromatic amines is 1. The Bertz CT molecular complexity index is 349. The molecule has 1 heterocycles. The highest BCUT2D eigenvalue weighted by atomic mass is 16.2. The van der Waals surface area contributed by atoms with E-state index >= 15 is 0 Å². The van der Waals surface area contributed by atoms with Gasteiger partial charge in [-0.25, -0.2) is 0 Å². The molecule has 2 N–H and O–H groups in total. The molecule has 0 saturated heterocycles. The average Bonchev–Trinajstić information content (AvgIpc) is 2.71. The van der Waals surface area contributed by atoms with Crippen LogP contribution in [0.1, 0.15) is 25.7 Å². The van der Waals surface area contributed by atoms with Crippen molar-refractivity contribution in [2.24, 2.45) is 5.92 Å². The van der Waals surface area contributed by atoms with E-state index in [0.717, 1.165) is 0 Å². The Morgan fingerprint density at radius 3 is 2.80 bits per heavy atom. The molecule has 1 fully saturated rings. The van der Waals surface area contributed by atoms with Crippen LogP contribution in [0.3, 0.4) is 0 Å². The van der Waals surface area contributed by atoms with Crippen LogP contribution in [0.2, 0.25) is 0 Å². The third-order valence-corrected chi connectivity index (χ3v) is 2.67. The Morgan fingerprint density at radius 2 is 2.20 bits per heavy atom. The smallest absolute Gasteiger partial charge is 0.228 e. The minimum absolute atomic E-state index is 0.0215. The first-order chi connectivity index (χ1) is 7.25. The number of Topliss-reactive ketones (excluding diaryl/α,β-unsaturated/α-hetero) is 1. The number of carbonyl (C=O) groups excluding carboxylic acids is 2. The molecule has 0 atom stereocenters. The van der Waals surface area contributed by atoms with Gasteiger partial charge < -0.3 is 5.32 Å². The van der Waals surface area contributed by atoms with E-state index in [2.05, 4.69) is 15.5 Å². The summed E-state index contributed by atoms with van der Waals surface area (Å²) in [5, 5.41) is 9.14. The minimum atomic E-state index is -0.0361. The van der Waals surface area contributed by atoms with Crippen LogP contribution in [0.4, 0.5) is 5.82 Å². The van der Waals surface area contributed by atoms with E-state index in [4.69, 9.17) is 0 Å². The van der Waals surface area contributed by atoms with Crippen molar-refractivity contribution in [1.29, 1.82) is 0 Å². The van der Waals surface area contributed by atoms with Gasteiger partial charge in [0.1, 0.15) is 11.6 Å². The number of ketones is 1. The molecule has 80 valence electrons. The third kappa shape index (κ3) is 2.43. The van der Waals surface area contributed by atoms with E-state index < -0.39 is 0 Å². The number of aromatic nitrogens is 2. The summed E-state index contributed by atoms with van der Waals surface area (Å²) < 4.78 is 0. The van der Waals surface area contributed by atoms with E-state index in [1.165, 1.54) is 0 Å². The monoisotopic (exact) mass is 207 g/mol. The number of anilines is 1. The maximum absolute atomic E-state index is 11.7. The van der Waals surface area contributed by atoms with Gasteiger partial charge in [-0.2, -0.15) is 5.10 Å². The fourth-order valence-electron chi connectivity index (χ4n) is 1.76. The molecule has 5 nitrogen and oxygen atoms in total. The molecule has 2 rings (SSSR count). The zero-order valence-corrected chi connectivity index (χ0v) is 8.32. The van der Waals surface area contributed by atoms with Gasteiger partial charge in [-0.1, -0.05) is 0 Å². The Balaban J connectivity index is 1.89. The molecule has 0 unspecified atom stereocenters. The summed E-state index contributed by atoms with van der Waals surface area (Å²) in [6.45, 7) is 0. The second-order valence-electron chi connectivity index (χ2n) is 3.77. The van der Waals surface area contributed by atoms with Crippen molar-refractivity contribution < 1.29 is 9.59 Å². The number of nitrogens with zero attached hydrogens (tertiary/aromatic N) is 1. The molecular formula is C10H13N3O2.